The van der Waals surface area contributed by atoms with E-state index in [1.54, 1.807) is 54.6 Å². The molecule has 0 spiro atoms. The van der Waals surface area contributed by atoms with E-state index in [2.05, 4.69) is 10.3 Å². The third kappa shape index (κ3) is 3.74. The molecule has 0 aliphatic rings. The Bertz CT molecular complexity index is 1290. The van der Waals surface area contributed by atoms with Gasteiger partial charge in [-0.1, -0.05) is 48.2 Å². The van der Waals surface area contributed by atoms with Gasteiger partial charge < -0.3 is 5.32 Å². The van der Waals surface area contributed by atoms with Crippen molar-refractivity contribution < 1.29 is 4.79 Å². The van der Waals surface area contributed by atoms with Crippen molar-refractivity contribution in [3.63, 3.8) is 0 Å². The van der Waals surface area contributed by atoms with Crippen LogP contribution < -0.4 is 16.6 Å². The Labute approximate surface area is 173 Å². The number of amides is 1. The molecule has 2 aromatic heterocycles. The molecule has 0 saturated heterocycles. The molecular formula is C20H16N4O3S2. The van der Waals surface area contributed by atoms with Crippen LogP contribution in [0.4, 0.5) is 5.69 Å². The first kappa shape index (κ1) is 19.2. The fourth-order valence-electron chi connectivity index (χ4n) is 2.92. The Morgan fingerprint density at radius 1 is 1.07 bits per heavy atom. The highest BCUT2D eigenvalue weighted by Gasteiger charge is 2.20. The summed E-state index contributed by atoms with van der Waals surface area (Å²) in [5.41, 5.74) is 0.260. The molecule has 7 nitrogen and oxygen atoms in total. The molecule has 0 aliphatic carbocycles. The monoisotopic (exact) mass is 424 g/mol. The molecule has 0 radical (unpaired) electrons. The van der Waals surface area contributed by atoms with Crippen LogP contribution in [0.2, 0.25) is 0 Å². The lowest BCUT2D eigenvalue weighted by Crippen LogP contribution is -2.40. The van der Waals surface area contributed by atoms with E-state index in [4.69, 9.17) is 0 Å². The molecule has 0 bridgehead atoms. The summed E-state index contributed by atoms with van der Waals surface area (Å²) in [6.45, 7) is -0.255. The Morgan fingerprint density at radius 2 is 1.72 bits per heavy atom. The first-order chi connectivity index (χ1) is 14.1. The van der Waals surface area contributed by atoms with E-state index in [-0.39, 0.29) is 18.1 Å². The zero-order chi connectivity index (χ0) is 20.4. The van der Waals surface area contributed by atoms with Crippen molar-refractivity contribution in [2.24, 2.45) is 0 Å². The number of rotatable bonds is 5. The van der Waals surface area contributed by atoms with Crippen molar-refractivity contribution in [3.05, 3.63) is 81.5 Å². The van der Waals surface area contributed by atoms with Gasteiger partial charge in [-0.25, -0.2) is 14.3 Å². The average Bonchev–Trinajstić information content (AvgIpc) is 3.18. The Morgan fingerprint density at radius 3 is 2.38 bits per heavy atom. The van der Waals surface area contributed by atoms with Gasteiger partial charge in [0, 0.05) is 5.69 Å². The summed E-state index contributed by atoms with van der Waals surface area (Å²) in [6.07, 6.45) is 1.85. The number of para-hydroxylation sites is 2. The number of thiazole rings is 1. The Hall–Kier alpha value is -3.17. The Balaban J connectivity index is 1.86. The molecule has 0 atom stereocenters. The number of hydrogen-bond donors (Lipinski definition) is 1. The maximum Gasteiger partial charge on any atom is 0.337 e. The van der Waals surface area contributed by atoms with E-state index in [0.29, 0.717) is 20.4 Å². The van der Waals surface area contributed by atoms with Gasteiger partial charge >= 0.3 is 5.69 Å². The third-order valence-corrected chi connectivity index (χ3v) is 6.23. The molecule has 0 fully saturated rings. The van der Waals surface area contributed by atoms with Crippen molar-refractivity contribution in [2.45, 2.75) is 10.9 Å². The van der Waals surface area contributed by atoms with Crippen LogP contribution in [0.15, 0.2) is 74.6 Å². The van der Waals surface area contributed by atoms with Gasteiger partial charge in [-0.3, -0.25) is 14.2 Å². The van der Waals surface area contributed by atoms with E-state index in [0.717, 1.165) is 4.57 Å². The van der Waals surface area contributed by atoms with Crippen LogP contribution in [0.25, 0.3) is 16.0 Å². The lowest BCUT2D eigenvalue weighted by atomic mass is 10.3. The maximum atomic E-state index is 13.2. The number of thioether (sulfide) groups is 1. The molecule has 1 N–H and O–H groups in total. The predicted octanol–water partition coefficient (Wildman–Crippen LogP) is 2.97. The molecule has 9 heteroatoms. The molecule has 0 aliphatic heterocycles. The molecule has 2 heterocycles. The highest BCUT2D eigenvalue weighted by atomic mass is 32.2. The van der Waals surface area contributed by atoms with Crippen molar-refractivity contribution >= 4 is 45.0 Å². The SMILES string of the molecule is CSc1nc2c(s1)c(=O)n(-c1ccccc1)c(=O)n2CC(=O)Nc1ccccc1. The minimum atomic E-state index is -0.602. The molecule has 29 heavy (non-hydrogen) atoms. The van der Waals surface area contributed by atoms with Crippen LogP contribution >= 0.6 is 23.1 Å². The van der Waals surface area contributed by atoms with E-state index in [1.807, 2.05) is 12.3 Å². The maximum absolute atomic E-state index is 13.2. The van der Waals surface area contributed by atoms with Crippen molar-refractivity contribution in [1.82, 2.24) is 14.1 Å². The van der Waals surface area contributed by atoms with Gasteiger partial charge in [0.05, 0.1) is 5.69 Å². The summed E-state index contributed by atoms with van der Waals surface area (Å²) < 4.78 is 3.32. The second-order valence-electron chi connectivity index (χ2n) is 6.10. The normalized spacial score (nSPS) is 10.9. The number of carbonyl (C=O) groups is 1. The highest BCUT2D eigenvalue weighted by molar-refractivity contribution is 8.00. The van der Waals surface area contributed by atoms with Crippen LogP contribution in [0.3, 0.4) is 0 Å². The van der Waals surface area contributed by atoms with Crippen LogP contribution in [0.1, 0.15) is 0 Å². The molecular weight excluding hydrogens is 408 g/mol. The van der Waals surface area contributed by atoms with Crippen molar-refractivity contribution in [1.29, 1.82) is 0 Å². The fraction of sp³-hybridized carbons (Fsp3) is 0.100. The number of hydrogen-bond acceptors (Lipinski definition) is 6. The number of fused-ring (bicyclic) bond motifs is 1. The topological polar surface area (TPSA) is 86.0 Å². The Kier molecular flexibility index (Phi) is 5.32. The molecule has 0 saturated carbocycles. The van der Waals surface area contributed by atoms with Crippen molar-refractivity contribution in [2.75, 3.05) is 11.6 Å². The molecule has 146 valence electrons. The summed E-state index contributed by atoms with van der Waals surface area (Å²) in [6, 6.07) is 17.6. The number of anilines is 1. The highest BCUT2D eigenvalue weighted by Crippen LogP contribution is 2.25. The summed E-state index contributed by atoms with van der Waals surface area (Å²) in [7, 11) is 0. The standard InChI is InChI=1S/C20H16N4O3S2/c1-28-19-22-17-16(29-19)18(26)24(14-10-6-3-7-11-14)20(27)23(17)12-15(25)21-13-8-4-2-5-9-13/h2-11H,12H2,1H3,(H,21,25). The lowest BCUT2D eigenvalue weighted by Gasteiger charge is -2.11. The van der Waals surface area contributed by atoms with Crippen LogP contribution in [0.5, 0.6) is 0 Å². The summed E-state index contributed by atoms with van der Waals surface area (Å²) in [5.74, 6) is -0.378. The molecule has 1 amide bonds. The van der Waals surface area contributed by atoms with Crippen LogP contribution in [0, 0.1) is 0 Å². The van der Waals surface area contributed by atoms with E-state index in [1.165, 1.54) is 27.7 Å². The number of nitrogens with one attached hydrogen (secondary N) is 1. The first-order valence-corrected chi connectivity index (χ1v) is 10.7. The number of aromatic nitrogens is 3. The summed E-state index contributed by atoms with van der Waals surface area (Å²) in [5, 5.41) is 2.76. The quantitative estimate of drug-likeness (QED) is 0.498. The fourth-order valence-corrected chi connectivity index (χ4v) is 4.41. The molecule has 4 aromatic rings. The van der Waals surface area contributed by atoms with Gasteiger partial charge in [0.25, 0.3) is 5.56 Å². The molecule has 2 aromatic carbocycles. The van der Waals surface area contributed by atoms with Gasteiger partial charge in [-0.05, 0) is 30.5 Å². The van der Waals surface area contributed by atoms with Gasteiger partial charge in [-0.15, -0.1) is 11.3 Å². The van der Waals surface area contributed by atoms with E-state index < -0.39 is 11.2 Å². The minimum Gasteiger partial charge on any atom is -0.325 e. The zero-order valence-electron chi connectivity index (χ0n) is 15.4. The number of carbonyl (C=O) groups excluding carboxylic acids is 1. The number of nitrogens with zero attached hydrogens (tertiary/aromatic N) is 3. The van der Waals surface area contributed by atoms with E-state index in [9.17, 15) is 14.4 Å². The molecule has 0 unspecified atom stereocenters. The van der Waals surface area contributed by atoms with Gasteiger partial charge in [0.15, 0.2) is 9.99 Å². The smallest absolute Gasteiger partial charge is 0.325 e. The summed E-state index contributed by atoms with van der Waals surface area (Å²) in [4.78, 5) is 43.2. The van der Waals surface area contributed by atoms with E-state index >= 15 is 0 Å². The first-order valence-electron chi connectivity index (χ1n) is 8.69. The largest absolute Gasteiger partial charge is 0.337 e. The number of benzene rings is 2. The second kappa shape index (κ2) is 8.06. The summed E-state index contributed by atoms with van der Waals surface area (Å²) >= 11 is 2.60. The van der Waals surface area contributed by atoms with Crippen LogP contribution in [-0.4, -0.2) is 26.3 Å². The third-order valence-electron chi connectivity index (χ3n) is 4.21. The van der Waals surface area contributed by atoms with Gasteiger partial charge in [0.2, 0.25) is 5.91 Å². The zero-order valence-corrected chi connectivity index (χ0v) is 17.0. The van der Waals surface area contributed by atoms with Gasteiger partial charge in [-0.2, -0.15) is 0 Å². The lowest BCUT2D eigenvalue weighted by molar-refractivity contribution is -0.116. The van der Waals surface area contributed by atoms with Crippen LogP contribution in [-0.2, 0) is 11.3 Å². The minimum absolute atomic E-state index is 0.227. The van der Waals surface area contributed by atoms with Crippen molar-refractivity contribution in [3.8, 4) is 5.69 Å². The molecule has 4 rings (SSSR count). The predicted molar refractivity (Wildman–Crippen MR) is 116 cm³/mol. The second-order valence-corrected chi connectivity index (χ2v) is 8.15. The van der Waals surface area contributed by atoms with Gasteiger partial charge in [0.1, 0.15) is 11.2 Å². The average molecular weight is 425 g/mol.